The van der Waals surface area contributed by atoms with Crippen molar-refractivity contribution in [2.75, 3.05) is 0 Å². The van der Waals surface area contributed by atoms with Crippen LogP contribution in [0.15, 0.2) is 170 Å². The molecule has 0 aromatic heterocycles. The van der Waals surface area contributed by atoms with Crippen LogP contribution in [0, 0.1) is 0 Å². The Morgan fingerprint density at radius 2 is 0.939 bits per heavy atom. The molecule has 0 aliphatic heterocycles. The third-order valence-electron chi connectivity index (χ3n) is 11.0. The normalized spacial score (nSPS) is 13.3. The Balaban J connectivity index is 1.14. The molecule has 230 valence electrons. The fraction of sp³-hybridized carbons (Fsp3) is 0.0612. The van der Waals surface area contributed by atoms with Gasteiger partial charge in [-0.25, -0.2) is 0 Å². The van der Waals surface area contributed by atoms with Crippen molar-refractivity contribution in [2.45, 2.75) is 19.3 Å². The van der Waals surface area contributed by atoms with E-state index in [1.165, 1.54) is 98.7 Å². The van der Waals surface area contributed by atoms with Crippen molar-refractivity contribution >= 4 is 43.1 Å². The summed E-state index contributed by atoms with van der Waals surface area (Å²) in [6.45, 7) is 4.71. The van der Waals surface area contributed by atoms with Crippen LogP contribution < -0.4 is 0 Å². The van der Waals surface area contributed by atoms with Crippen LogP contribution in [0.25, 0.3) is 87.6 Å². The Labute approximate surface area is 286 Å². The maximum atomic E-state index is 2.43. The molecular formula is C49H34. The monoisotopic (exact) mass is 622 g/mol. The fourth-order valence-corrected chi connectivity index (χ4v) is 8.62. The van der Waals surface area contributed by atoms with Gasteiger partial charge in [0.2, 0.25) is 0 Å². The summed E-state index contributed by atoms with van der Waals surface area (Å²) in [6.07, 6.45) is 0. The number of rotatable bonds is 3. The van der Waals surface area contributed by atoms with E-state index in [4.69, 9.17) is 0 Å². The summed E-state index contributed by atoms with van der Waals surface area (Å²) >= 11 is 0. The summed E-state index contributed by atoms with van der Waals surface area (Å²) < 4.78 is 0. The van der Waals surface area contributed by atoms with E-state index in [0.717, 1.165) is 0 Å². The topological polar surface area (TPSA) is 0 Å². The second-order valence-corrected chi connectivity index (χ2v) is 14.1. The van der Waals surface area contributed by atoms with Gasteiger partial charge in [-0.05, 0) is 117 Å². The van der Waals surface area contributed by atoms with Gasteiger partial charge in [-0.2, -0.15) is 0 Å². The smallest absolute Gasteiger partial charge is 0.0159 e. The lowest BCUT2D eigenvalue weighted by Crippen LogP contribution is -2.14. The molecular weight excluding hydrogens is 589 g/mol. The minimum absolute atomic E-state index is 0.00922. The molecule has 10 rings (SSSR count). The molecule has 0 heteroatoms. The van der Waals surface area contributed by atoms with E-state index in [0.29, 0.717) is 0 Å². The Kier molecular flexibility index (Phi) is 6.02. The van der Waals surface area contributed by atoms with Crippen LogP contribution in [0.5, 0.6) is 0 Å². The van der Waals surface area contributed by atoms with E-state index in [1.807, 2.05) is 0 Å². The molecule has 1 aliphatic rings. The number of hydrogen-bond acceptors (Lipinski definition) is 0. The summed E-state index contributed by atoms with van der Waals surface area (Å²) in [4.78, 5) is 0. The van der Waals surface area contributed by atoms with E-state index >= 15 is 0 Å². The zero-order chi connectivity index (χ0) is 32.7. The first-order valence-corrected chi connectivity index (χ1v) is 17.3. The highest BCUT2D eigenvalue weighted by molar-refractivity contribution is 6.27. The largest absolute Gasteiger partial charge is 0.0622 e. The second kappa shape index (κ2) is 10.5. The van der Waals surface area contributed by atoms with Crippen LogP contribution >= 0.6 is 0 Å². The van der Waals surface area contributed by atoms with Crippen LogP contribution in [-0.2, 0) is 5.41 Å². The third kappa shape index (κ3) is 4.17. The molecule has 49 heavy (non-hydrogen) atoms. The van der Waals surface area contributed by atoms with Crippen LogP contribution in [0.2, 0.25) is 0 Å². The van der Waals surface area contributed by atoms with Crippen molar-refractivity contribution < 1.29 is 0 Å². The highest BCUT2D eigenvalue weighted by atomic mass is 14.4. The van der Waals surface area contributed by atoms with Gasteiger partial charge in [0, 0.05) is 5.41 Å². The van der Waals surface area contributed by atoms with E-state index in [9.17, 15) is 0 Å². The van der Waals surface area contributed by atoms with E-state index in [2.05, 4.69) is 184 Å². The number of benzene rings is 9. The quantitative estimate of drug-likeness (QED) is 0.136. The average molecular weight is 623 g/mol. The number of hydrogen-bond donors (Lipinski definition) is 0. The fourth-order valence-electron chi connectivity index (χ4n) is 8.62. The van der Waals surface area contributed by atoms with Gasteiger partial charge in [0.25, 0.3) is 0 Å². The minimum atomic E-state index is -0.00922. The molecule has 0 saturated carbocycles. The van der Waals surface area contributed by atoms with Crippen molar-refractivity contribution in [1.82, 2.24) is 0 Å². The maximum Gasteiger partial charge on any atom is 0.0159 e. The van der Waals surface area contributed by atoms with Gasteiger partial charge < -0.3 is 0 Å². The molecule has 0 saturated heterocycles. The zero-order valence-electron chi connectivity index (χ0n) is 27.7. The Morgan fingerprint density at radius 1 is 0.327 bits per heavy atom. The predicted molar refractivity (Wildman–Crippen MR) is 210 cm³/mol. The highest BCUT2D eigenvalue weighted by Crippen LogP contribution is 2.50. The molecule has 0 spiro atoms. The molecule has 0 amide bonds. The molecule has 0 radical (unpaired) electrons. The van der Waals surface area contributed by atoms with Crippen molar-refractivity contribution in [3.63, 3.8) is 0 Å². The van der Waals surface area contributed by atoms with Gasteiger partial charge in [-0.1, -0.05) is 166 Å². The van der Waals surface area contributed by atoms with E-state index < -0.39 is 0 Å². The average Bonchev–Trinajstić information content (AvgIpc) is 3.38. The Morgan fingerprint density at radius 3 is 1.76 bits per heavy atom. The maximum absolute atomic E-state index is 2.43. The number of fused-ring (bicyclic) bond motifs is 8. The molecule has 9 aromatic rings. The van der Waals surface area contributed by atoms with Gasteiger partial charge in [0.15, 0.2) is 0 Å². The van der Waals surface area contributed by atoms with Crippen molar-refractivity contribution in [3.05, 3.63) is 181 Å². The lowest BCUT2D eigenvalue weighted by Gasteiger charge is -2.21. The third-order valence-corrected chi connectivity index (χ3v) is 11.0. The standard InChI is InChI=1S/C49H34/c1-49(2)44-19-11-10-16-39(44)43-29-36-25-24-35(28-37(36)30-45(43)49)31-20-22-34(23-21-31)46-40-17-8-9-18-41(40)47(33-13-4-3-5-14-33)48-38-15-7-6-12-32(38)26-27-42(46)48/h3-30H,1-2H3. The van der Waals surface area contributed by atoms with Gasteiger partial charge in [0.1, 0.15) is 0 Å². The van der Waals surface area contributed by atoms with Crippen molar-refractivity contribution in [2.24, 2.45) is 0 Å². The highest BCUT2D eigenvalue weighted by Gasteiger charge is 2.35. The van der Waals surface area contributed by atoms with Gasteiger partial charge in [-0.15, -0.1) is 0 Å². The molecule has 0 unspecified atom stereocenters. The Hall–Kier alpha value is -5.98. The molecule has 0 heterocycles. The van der Waals surface area contributed by atoms with Crippen molar-refractivity contribution in [1.29, 1.82) is 0 Å². The molecule has 0 nitrogen and oxygen atoms in total. The van der Waals surface area contributed by atoms with Crippen LogP contribution in [0.1, 0.15) is 25.0 Å². The first-order valence-electron chi connectivity index (χ1n) is 17.3. The lowest BCUT2D eigenvalue weighted by atomic mass is 9.82. The summed E-state index contributed by atoms with van der Waals surface area (Å²) in [7, 11) is 0. The first kappa shape index (κ1) is 28.1. The predicted octanol–water partition coefficient (Wildman–Crippen LogP) is 13.6. The lowest BCUT2D eigenvalue weighted by molar-refractivity contribution is 0.661. The van der Waals surface area contributed by atoms with Crippen LogP contribution in [0.3, 0.4) is 0 Å². The van der Waals surface area contributed by atoms with Crippen LogP contribution in [0.4, 0.5) is 0 Å². The summed E-state index contributed by atoms with van der Waals surface area (Å²) in [5.74, 6) is 0. The Bertz CT molecular complexity index is 2760. The van der Waals surface area contributed by atoms with E-state index in [-0.39, 0.29) is 5.41 Å². The van der Waals surface area contributed by atoms with Crippen LogP contribution in [-0.4, -0.2) is 0 Å². The van der Waals surface area contributed by atoms with Gasteiger partial charge in [-0.3, -0.25) is 0 Å². The van der Waals surface area contributed by atoms with Gasteiger partial charge in [0.05, 0.1) is 0 Å². The minimum Gasteiger partial charge on any atom is -0.0622 e. The molecule has 9 aromatic carbocycles. The van der Waals surface area contributed by atoms with Gasteiger partial charge >= 0.3 is 0 Å². The molecule has 0 N–H and O–H groups in total. The van der Waals surface area contributed by atoms with E-state index in [1.54, 1.807) is 0 Å². The van der Waals surface area contributed by atoms with Crippen molar-refractivity contribution in [3.8, 4) is 44.5 Å². The SMILES string of the molecule is CC1(C)c2ccccc2-c2cc3ccc(-c4ccc(-c5c6ccccc6c(-c6ccccc6)c6c5ccc5ccccc56)cc4)cc3cc21. The molecule has 0 fully saturated rings. The summed E-state index contributed by atoms with van der Waals surface area (Å²) in [5, 5.41) is 10.3. The second-order valence-electron chi connectivity index (χ2n) is 14.1. The summed E-state index contributed by atoms with van der Waals surface area (Å²) in [6, 6.07) is 63.1. The zero-order valence-corrected chi connectivity index (χ0v) is 27.7. The summed E-state index contributed by atoms with van der Waals surface area (Å²) in [5.41, 5.74) is 13.1. The molecule has 0 atom stereocenters. The molecule has 0 bridgehead atoms. The first-order chi connectivity index (χ1) is 24.1. The molecule has 1 aliphatic carbocycles.